The van der Waals surface area contributed by atoms with Crippen molar-refractivity contribution in [1.29, 1.82) is 0 Å². The van der Waals surface area contributed by atoms with Crippen molar-refractivity contribution in [1.82, 2.24) is 15.0 Å². The molecule has 0 amide bonds. The number of pyridine rings is 1. The van der Waals surface area contributed by atoms with Crippen molar-refractivity contribution in [3.63, 3.8) is 0 Å². The molecular formula is C30H35N5O4S. The molecule has 0 atom stereocenters. The lowest BCUT2D eigenvalue weighted by atomic mass is 10.1. The summed E-state index contributed by atoms with van der Waals surface area (Å²) >= 11 is 0. The van der Waals surface area contributed by atoms with Crippen LogP contribution in [0.2, 0.25) is 0 Å². The maximum absolute atomic E-state index is 11.2. The molecule has 4 rings (SSSR count). The minimum atomic E-state index is -3.46. The molecule has 0 bridgehead atoms. The second-order valence-corrected chi connectivity index (χ2v) is 11.2. The maximum Gasteiger partial charge on any atom is 0.221 e. The van der Waals surface area contributed by atoms with Crippen molar-refractivity contribution >= 4 is 15.8 Å². The molecule has 9 nitrogen and oxygen atoms in total. The van der Waals surface area contributed by atoms with E-state index >= 15 is 0 Å². The topological polar surface area (TPSA) is 129 Å². The Kier molecular flexibility index (Phi) is 10.0. The van der Waals surface area contributed by atoms with E-state index in [9.17, 15) is 8.42 Å². The van der Waals surface area contributed by atoms with Crippen LogP contribution in [0.15, 0.2) is 73.1 Å². The lowest BCUT2D eigenvalue weighted by Crippen LogP contribution is -2.16. The number of hydrogen-bond donors (Lipinski definition) is 2. The summed E-state index contributed by atoms with van der Waals surface area (Å²) in [7, 11) is -1.81. The Bertz CT molecular complexity index is 1410. The lowest BCUT2D eigenvalue weighted by molar-refractivity contribution is 0.414. The zero-order chi connectivity index (χ0) is 28.4. The number of sulfonamides is 1. The third-order valence-corrected chi connectivity index (χ3v) is 7.20. The molecule has 0 saturated carbocycles. The minimum Gasteiger partial charge on any atom is -0.497 e. The fourth-order valence-corrected chi connectivity index (χ4v) is 4.60. The van der Waals surface area contributed by atoms with Gasteiger partial charge in [0.25, 0.3) is 0 Å². The highest BCUT2D eigenvalue weighted by atomic mass is 32.2. The number of anilines is 1. The van der Waals surface area contributed by atoms with E-state index in [0.717, 1.165) is 46.7 Å². The first kappa shape index (κ1) is 29.0. The van der Waals surface area contributed by atoms with Crippen LogP contribution in [0.5, 0.6) is 17.4 Å². The van der Waals surface area contributed by atoms with Gasteiger partial charge < -0.3 is 14.8 Å². The second kappa shape index (κ2) is 13.9. The van der Waals surface area contributed by atoms with Gasteiger partial charge in [-0.1, -0.05) is 31.2 Å². The Hall–Kier alpha value is -4.02. The van der Waals surface area contributed by atoms with Gasteiger partial charge in [0.05, 0.1) is 12.9 Å². The quantitative estimate of drug-likeness (QED) is 0.223. The first-order valence-corrected chi connectivity index (χ1v) is 15.0. The molecule has 2 aromatic heterocycles. The Balaban J connectivity index is 1.46. The number of rotatable bonds is 14. The van der Waals surface area contributed by atoms with Gasteiger partial charge in [-0.05, 0) is 78.3 Å². The van der Waals surface area contributed by atoms with Gasteiger partial charge in [0.15, 0.2) is 0 Å². The molecule has 0 radical (unpaired) electrons. The third-order valence-electron chi connectivity index (χ3n) is 6.34. The zero-order valence-corrected chi connectivity index (χ0v) is 23.7. The Morgan fingerprint density at radius 1 is 0.825 bits per heavy atom. The fourth-order valence-electron chi connectivity index (χ4n) is 4.05. The van der Waals surface area contributed by atoms with Crippen LogP contribution in [-0.2, 0) is 42.3 Å². The summed E-state index contributed by atoms with van der Waals surface area (Å²) in [4.78, 5) is 13.7. The van der Waals surface area contributed by atoms with Crippen LogP contribution in [0.3, 0.4) is 0 Å². The van der Waals surface area contributed by atoms with Gasteiger partial charge >= 0.3 is 0 Å². The van der Waals surface area contributed by atoms with E-state index < -0.39 is 10.0 Å². The smallest absolute Gasteiger partial charge is 0.221 e. The molecule has 0 unspecified atom stereocenters. The van der Waals surface area contributed by atoms with Crippen LogP contribution in [-0.4, -0.2) is 36.2 Å². The first-order valence-electron chi connectivity index (χ1n) is 13.2. The van der Waals surface area contributed by atoms with E-state index in [1.165, 1.54) is 0 Å². The molecule has 4 aromatic rings. The van der Waals surface area contributed by atoms with E-state index in [1.54, 1.807) is 7.11 Å². The molecule has 0 aliphatic carbocycles. The number of nitrogens with one attached hydrogen (secondary N) is 1. The summed E-state index contributed by atoms with van der Waals surface area (Å²) < 4.78 is 33.7. The number of nitrogens with zero attached hydrogens (tertiary/aromatic N) is 3. The Labute approximate surface area is 235 Å². The van der Waals surface area contributed by atoms with Crippen LogP contribution >= 0.6 is 0 Å². The molecule has 0 fully saturated rings. The van der Waals surface area contributed by atoms with Crippen LogP contribution in [0, 0.1) is 0 Å². The van der Waals surface area contributed by atoms with Gasteiger partial charge in [0, 0.05) is 31.4 Å². The Morgan fingerprint density at radius 2 is 1.50 bits per heavy atom. The molecule has 2 aromatic carbocycles. The number of aryl methyl sites for hydroxylation is 4. The van der Waals surface area contributed by atoms with E-state index in [-0.39, 0.29) is 5.75 Å². The van der Waals surface area contributed by atoms with E-state index in [4.69, 9.17) is 14.6 Å². The monoisotopic (exact) mass is 561 g/mol. The van der Waals surface area contributed by atoms with Crippen molar-refractivity contribution in [2.45, 2.75) is 45.6 Å². The molecular weight excluding hydrogens is 526 g/mol. The highest BCUT2D eigenvalue weighted by molar-refractivity contribution is 7.89. The van der Waals surface area contributed by atoms with Gasteiger partial charge in [-0.15, -0.1) is 0 Å². The number of primary sulfonamides is 1. The van der Waals surface area contributed by atoms with Crippen LogP contribution in [0.4, 0.5) is 5.82 Å². The number of ether oxygens (including phenoxy) is 2. The largest absolute Gasteiger partial charge is 0.497 e. The van der Waals surface area contributed by atoms with Crippen molar-refractivity contribution < 1.29 is 17.9 Å². The average Bonchev–Trinajstić information content (AvgIpc) is 2.96. The highest BCUT2D eigenvalue weighted by Crippen LogP contribution is 2.25. The van der Waals surface area contributed by atoms with Crippen molar-refractivity contribution in [3.05, 3.63) is 101 Å². The van der Waals surface area contributed by atoms with Crippen molar-refractivity contribution in [3.8, 4) is 17.4 Å². The van der Waals surface area contributed by atoms with E-state index in [1.807, 2.05) is 73.1 Å². The standard InChI is InChI=1S/C30H35N5O4S/c1-3-22-19-32-28(33-20-22)15-10-25-17-29(34-21-24-8-11-26(38-2)12-9-24)35-30(18-25)39-27-13-6-23(7-14-27)5-4-16-40(31,36)37/h6-9,11-14,17-20H,3-5,10,15-16,21H2,1-2H3,(H,34,35)(H2,31,36,37). The van der Waals surface area contributed by atoms with E-state index in [0.29, 0.717) is 43.3 Å². The molecule has 210 valence electrons. The minimum absolute atomic E-state index is 0.0396. The summed E-state index contributed by atoms with van der Waals surface area (Å²) in [6, 6.07) is 19.4. The Morgan fingerprint density at radius 3 is 2.15 bits per heavy atom. The normalized spacial score (nSPS) is 11.3. The first-order chi connectivity index (χ1) is 19.3. The van der Waals surface area contributed by atoms with Gasteiger partial charge in [-0.2, -0.15) is 4.98 Å². The van der Waals surface area contributed by atoms with E-state index in [2.05, 4.69) is 27.2 Å². The predicted octanol–water partition coefficient (Wildman–Crippen LogP) is 4.85. The lowest BCUT2D eigenvalue weighted by Gasteiger charge is -2.12. The summed E-state index contributed by atoms with van der Waals surface area (Å²) in [5.74, 6) is 3.37. The highest BCUT2D eigenvalue weighted by Gasteiger charge is 2.09. The predicted molar refractivity (Wildman–Crippen MR) is 156 cm³/mol. The van der Waals surface area contributed by atoms with Gasteiger partial charge in [-0.3, -0.25) is 0 Å². The molecule has 0 aliphatic rings. The number of methoxy groups -OCH3 is 1. The SMILES string of the molecule is CCc1cnc(CCc2cc(NCc3ccc(OC)cc3)nc(Oc3ccc(CCCS(N)(=O)=O)cc3)c2)nc1. The number of hydrogen-bond acceptors (Lipinski definition) is 8. The zero-order valence-electron chi connectivity index (χ0n) is 22.8. The van der Waals surface area contributed by atoms with Crippen molar-refractivity contribution in [2.75, 3.05) is 18.2 Å². The molecule has 3 N–H and O–H groups in total. The summed E-state index contributed by atoms with van der Waals surface area (Å²) in [6.07, 6.45) is 7.17. The van der Waals surface area contributed by atoms with Crippen molar-refractivity contribution in [2.24, 2.45) is 5.14 Å². The van der Waals surface area contributed by atoms with Crippen LogP contribution in [0.1, 0.15) is 41.4 Å². The molecule has 2 heterocycles. The van der Waals surface area contributed by atoms with Gasteiger partial charge in [-0.25, -0.2) is 23.5 Å². The van der Waals surface area contributed by atoms with Crippen LogP contribution in [0.25, 0.3) is 0 Å². The summed E-state index contributed by atoms with van der Waals surface area (Å²) in [6.45, 7) is 2.67. The van der Waals surface area contributed by atoms with Gasteiger partial charge in [0.1, 0.15) is 23.1 Å². The molecule has 0 saturated heterocycles. The van der Waals surface area contributed by atoms with Gasteiger partial charge in [0.2, 0.25) is 15.9 Å². The number of nitrogens with two attached hydrogens (primary N) is 1. The van der Waals surface area contributed by atoms with Crippen LogP contribution < -0.4 is 19.9 Å². The number of benzene rings is 2. The third kappa shape index (κ3) is 9.32. The summed E-state index contributed by atoms with van der Waals surface area (Å²) in [5.41, 5.74) is 4.26. The maximum atomic E-state index is 11.2. The molecule has 0 spiro atoms. The molecule has 10 heteroatoms. The fraction of sp³-hybridized carbons (Fsp3) is 0.300. The summed E-state index contributed by atoms with van der Waals surface area (Å²) in [5, 5.41) is 8.49. The average molecular weight is 562 g/mol. The molecule has 40 heavy (non-hydrogen) atoms. The number of aromatic nitrogens is 3. The second-order valence-electron chi connectivity index (χ2n) is 9.48. The molecule has 0 aliphatic heterocycles.